The van der Waals surface area contributed by atoms with E-state index in [9.17, 15) is 9.59 Å². The van der Waals surface area contributed by atoms with E-state index >= 15 is 0 Å². The van der Waals surface area contributed by atoms with Crippen molar-refractivity contribution in [2.24, 2.45) is 0 Å². The summed E-state index contributed by atoms with van der Waals surface area (Å²) in [6.07, 6.45) is -0.0921. The molecule has 1 aliphatic heterocycles. The van der Waals surface area contributed by atoms with Crippen molar-refractivity contribution in [1.29, 1.82) is 0 Å². The minimum Gasteiger partial charge on any atom is -0.324 e. The zero-order valence-electron chi connectivity index (χ0n) is 7.78. The standard InChI is InChI=1S/C10H10N2O2/c1-12-8-5-3-2-4-7(8)11-9(13)6-10(12)14/h2-5H,6H2,1H3,(H,11,13). The first kappa shape index (κ1) is 8.74. The van der Waals surface area contributed by atoms with Crippen LogP contribution in [0.15, 0.2) is 24.3 Å². The smallest absolute Gasteiger partial charge is 0.236 e. The van der Waals surface area contributed by atoms with E-state index in [2.05, 4.69) is 5.32 Å². The van der Waals surface area contributed by atoms with Crippen LogP contribution in [0.1, 0.15) is 6.42 Å². The first-order chi connectivity index (χ1) is 6.68. The molecule has 4 heteroatoms. The van der Waals surface area contributed by atoms with Gasteiger partial charge in [-0.3, -0.25) is 9.59 Å². The molecule has 0 saturated carbocycles. The highest BCUT2D eigenvalue weighted by Gasteiger charge is 2.22. The number of carbonyl (C=O) groups excluding carboxylic acids is 2. The van der Waals surface area contributed by atoms with Gasteiger partial charge in [0.25, 0.3) is 0 Å². The van der Waals surface area contributed by atoms with Crippen LogP contribution in [-0.4, -0.2) is 18.9 Å². The predicted octanol–water partition coefficient (Wildman–Crippen LogP) is 0.992. The van der Waals surface area contributed by atoms with Gasteiger partial charge in [-0.05, 0) is 12.1 Å². The third-order valence-corrected chi connectivity index (χ3v) is 2.23. The highest BCUT2D eigenvalue weighted by molar-refractivity contribution is 6.14. The lowest BCUT2D eigenvalue weighted by molar-refractivity contribution is -0.124. The van der Waals surface area contributed by atoms with Gasteiger partial charge in [0.1, 0.15) is 6.42 Å². The number of amides is 2. The zero-order chi connectivity index (χ0) is 10.1. The van der Waals surface area contributed by atoms with Crippen molar-refractivity contribution in [1.82, 2.24) is 0 Å². The quantitative estimate of drug-likeness (QED) is 0.620. The Hall–Kier alpha value is -1.84. The van der Waals surface area contributed by atoms with Crippen molar-refractivity contribution in [3.05, 3.63) is 24.3 Å². The summed E-state index contributed by atoms with van der Waals surface area (Å²) in [5.74, 6) is -0.445. The van der Waals surface area contributed by atoms with Gasteiger partial charge in [0.05, 0.1) is 11.4 Å². The van der Waals surface area contributed by atoms with E-state index in [1.807, 2.05) is 12.1 Å². The Morgan fingerprint density at radius 1 is 1.29 bits per heavy atom. The van der Waals surface area contributed by atoms with E-state index in [0.717, 1.165) is 5.69 Å². The molecule has 2 amide bonds. The molecule has 14 heavy (non-hydrogen) atoms. The molecule has 0 saturated heterocycles. The van der Waals surface area contributed by atoms with Gasteiger partial charge in [0.15, 0.2) is 0 Å². The van der Waals surface area contributed by atoms with Crippen LogP contribution in [0.25, 0.3) is 0 Å². The molecule has 0 spiro atoms. The van der Waals surface area contributed by atoms with Gasteiger partial charge in [0, 0.05) is 7.05 Å². The van der Waals surface area contributed by atoms with Crippen molar-refractivity contribution >= 4 is 23.2 Å². The number of nitrogens with zero attached hydrogens (tertiary/aromatic N) is 1. The van der Waals surface area contributed by atoms with Gasteiger partial charge in [0.2, 0.25) is 11.8 Å². The van der Waals surface area contributed by atoms with Gasteiger partial charge >= 0.3 is 0 Å². The SMILES string of the molecule is CN1C(=O)CC(=O)Nc2ccccc21. The van der Waals surface area contributed by atoms with Gasteiger partial charge in [-0.1, -0.05) is 12.1 Å². The highest BCUT2D eigenvalue weighted by atomic mass is 16.2. The van der Waals surface area contributed by atoms with Gasteiger partial charge in [-0.25, -0.2) is 0 Å². The maximum atomic E-state index is 11.5. The Morgan fingerprint density at radius 2 is 2.00 bits per heavy atom. The molecule has 4 nitrogen and oxygen atoms in total. The molecule has 1 N–H and O–H groups in total. The Bertz CT molecular complexity index is 401. The molecule has 1 heterocycles. The Kier molecular flexibility index (Phi) is 1.96. The number of rotatable bonds is 0. The largest absolute Gasteiger partial charge is 0.324 e. The molecule has 0 radical (unpaired) electrons. The molecule has 1 aliphatic rings. The predicted molar refractivity (Wildman–Crippen MR) is 53.1 cm³/mol. The normalized spacial score (nSPS) is 15.9. The van der Waals surface area contributed by atoms with E-state index in [-0.39, 0.29) is 18.2 Å². The second-order valence-corrected chi connectivity index (χ2v) is 3.19. The average Bonchev–Trinajstić information content (AvgIpc) is 2.26. The topological polar surface area (TPSA) is 49.4 Å². The van der Waals surface area contributed by atoms with Gasteiger partial charge in [-0.15, -0.1) is 0 Å². The number of hydrogen-bond acceptors (Lipinski definition) is 2. The summed E-state index contributed by atoms with van der Waals surface area (Å²) in [5, 5.41) is 2.68. The average molecular weight is 190 g/mol. The van der Waals surface area contributed by atoms with Crippen molar-refractivity contribution in [2.75, 3.05) is 17.3 Å². The number of hydrogen-bond donors (Lipinski definition) is 1. The van der Waals surface area contributed by atoms with Crippen molar-refractivity contribution in [2.45, 2.75) is 6.42 Å². The maximum Gasteiger partial charge on any atom is 0.236 e. The summed E-state index contributed by atoms with van der Waals surface area (Å²) >= 11 is 0. The van der Waals surface area contributed by atoms with E-state index in [1.165, 1.54) is 4.90 Å². The van der Waals surface area contributed by atoms with Crippen LogP contribution in [0.2, 0.25) is 0 Å². The van der Waals surface area contributed by atoms with Crippen molar-refractivity contribution < 1.29 is 9.59 Å². The molecular weight excluding hydrogens is 180 g/mol. The Balaban J connectivity index is 2.51. The lowest BCUT2D eigenvalue weighted by Crippen LogP contribution is -2.26. The molecule has 0 atom stereocenters. The summed E-state index contributed by atoms with van der Waals surface area (Å²) < 4.78 is 0. The fourth-order valence-electron chi connectivity index (χ4n) is 1.46. The van der Waals surface area contributed by atoms with Crippen LogP contribution in [0.4, 0.5) is 11.4 Å². The van der Waals surface area contributed by atoms with Crippen LogP contribution in [0.3, 0.4) is 0 Å². The molecule has 0 unspecified atom stereocenters. The lowest BCUT2D eigenvalue weighted by atomic mass is 10.2. The zero-order valence-corrected chi connectivity index (χ0v) is 7.78. The minimum absolute atomic E-state index is 0.0921. The number of fused-ring (bicyclic) bond motifs is 1. The molecule has 0 bridgehead atoms. The number of anilines is 2. The molecular formula is C10H10N2O2. The van der Waals surface area contributed by atoms with Crippen molar-refractivity contribution in [3.63, 3.8) is 0 Å². The second-order valence-electron chi connectivity index (χ2n) is 3.19. The molecule has 0 aliphatic carbocycles. The molecule has 72 valence electrons. The monoisotopic (exact) mass is 190 g/mol. The number of nitrogens with one attached hydrogen (secondary N) is 1. The Morgan fingerprint density at radius 3 is 2.79 bits per heavy atom. The third-order valence-electron chi connectivity index (χ3n) is 2.23. The minimum atomic E-state index is -0.258. The molecule has 0 aromatic heterocycles. The summed E-state index contributed by atoms with van der Waals surface area (Å²) in [6, 6.07) is 7.24. The Labute approximate surface area is 81.5 Å². The van der Waals surface area contributed by atoms with Crippen LogP contribution in [0, 0.1) is 0 Å². The van der Waals surface area contributed by atoms with Gasteiger partial charge in [-0.2, -0.15) is 0 Å². The molecule has 2 rings (SSSR count). The van der Waals surface area contributed by atoms with Crippen LogP contribution < -0.4 is 10.2 Å². The summed E-state index contributed by atoms with van der Waals surface area (Å²) in [6.45, 7) is 0. The van der Waals surface area contributed by atoms with Crippen LogP contribution in [0.5, 0.6) is 0 Å². The summed E-state index contributed by atoms with van der Waals surface area (Å²) in [4.78, 5) is 24.2. The number of benzene rings is 1. The summed E-state index contributed by atoms with van der Waals surface area (Å²) in [7, 11) is 1.67. The van der Waals surface area contributed by atoms with E-state index < -0.39 is 0 Å². The number of carbonyl (C=O) groups is 2. The van der Waals surface area contributed by atoms with E-state index in [4.69, 9.17) is 0 Å². The first-order valence-corrected chi connectivity index (χ1v) is 4.34. The lowest BCUT2D eigenvalue weighted by Gasteiger charge is -2.15. The maximum absolute atomic E-state index is 11.5. The highest BCUT2D eigenvalue weighted by Crippen LogP contribution is 2.27. The molecule has 1 aromatic carbocycles. The summed E-state index contributed by atoms with van der Waals surface area (Å²) in [5.41, 5.74) is 1.43. The second kappa shape index (κ2) is 3.14. The van der Waals surface area contributed by atoms with Crippen LogP contribution >= 0.6 is 0 Å². The fraction of sp³-hybridized carbons (Fsp3) is 0.200. The van der Waals surface area contributed by atoms with E-state index in [0.29, 0.717) is 5.69 Å². The first-order valence-electron chi connectivity index (χ1n) is 4.34. The van der Waals surface area contributed by atoms with Crippen molar-refractivity contribution in [3.8, 4) is 0 Å². The molecule has 0 fully saturated rings. The number of para-hydroxylation sites is 2. The van der Waals surface area contributed by atoms with E-state index in [1.54, 1.807) is 19.2 Å². The fourth-order valence-corrected chi connectivity index (χ4v) is 1.46. The van der Waals surface area contributed by atoms with Crippen LogP contribution in [-0.2, 0) is 9.59 Å². The van der Waals surface area contributed by atoms with Gasteiger partial charge < -0.3 is 10.2 Å². The molecule has 1 aromatic rings. The third kappa shape index (κ3) is 1.35.